The highest BCUT2D eigenvalue weighted by Gasteiger charge is 2.24. The maximum Gasteiger partial charge on any atom is 0.163 e. The largest absolute Gasteiger partial charge is 0.310 e. The Morgan fingerprint density at radius 1 is 1.25 bits per heavy atom. The Kier molecular flexibility index (Phi) is 3.24. The molecule has 2 atom stereocenters. The Morgan fingerprint density at radius 3 is 2.69 bits per heavy atom. The topological polar surface area (TPSA) is 12.0 Å². The van der Waals surface area contributed by atoms with Crippen molar-refractivity contribution in [1.82, 2.24) is 5.32 Å². The number of rotatable bonds is 1. The van der Waals surface area contributed by atoms with Crippen LogP contribution in [0.3, 0.4) is 0 Å². The Hall–Kier alpha value is -0.960. The Balaban J connectivity index is 2.29. The first-order chi connectivity index (χ1) is 7.59. The van der Waals surface area contributed by atoms with E-state index < -0.39 is 11.6 Å². The van der Waals surface area contributed by atoms with E-state index in [2.05, 4.69) is 12.2 Å². The lowest BCUT2D eigenvalue weighted by Crippen LogP contribution is -2.31. The molecule has 1 N–H and O–H groups in total. The van der Waals surface area contributed by atoms with E-state index in [4.69, 9.17) is 0 Å². The van der Waals surface area contributed by atoms with E-state index in [1.54, 1.807) is 19.1 Å². The van der Waals surface area contributed by atoms with Gasteiger partial charge in [0.05, 0.1) is 0 Å². The first-order valence-electron chi connectivity index (χ1n) is 5.77. The molecule has 2 rings (SSSR count). The van der Waals surface area contributed by atoms with Crippen molar-refractivity contribution in [2.75, 3.05) is 6.54 Å². The Morgan fingerprint density at radius 2 is 2.00 bits per heavy atom. The van der Waals surface area contributed by atoms with Crippen LogP contribution in [0.4, 0.5) is 8.78 Å². The molecule has 1 aromatic rings. The predicted molar refractivity (Wildman–Crippen MR) is 60.2 cm³/mol. The normalized spacial score (nSPS) is 25.8. The molecule has 1 aliphatic rings. The minimum Gasteiger partial charge on any atom is -0.310 e. The van der Waals surface area contributed by atoms with Crippen LogP contribution in [0.1, 0.15) is 36.9 Å². The minimum absolute atomic E-state index is 0.0427. The molecule has 88 valence electrons. The molecule has 1 aliphatic heterocycles. The Bertz CT molecular complexity index is 390. The third kappa shape index (κ3) is 2.09. The maximum atomic E-state index is 13.8. The lowest BCUT2D eigenvalue weighted by atomic mass is 9.89. The minimum atomic E-state index is -0.711. The smallest absolute Gasteiger partial charge is 0.163 e. The second kappa shape index (κ2) is 4.50. The van der Waals surface area contributed by atoms with E-state index in [0.29, 0.717) is 17.0 Å². The van der Waals surface area contributed by atoms with Crippen LogP contribution in [0.25, 0.3) is 0 Å². The van der Waals surface area contributed by atoms with Gasteiger partial charge in [-0.05, 0) is 37.8 Å². The second-order valence-corrected chi connectivity index (χ2v) is 4.74. The fourth-order valence-electron chi connectivity index (χ4n) is 2.27. The van der Waals surface area contributed by atoms with E-state index in [1.165, 1.54) is 0 Å². The summed E-state index contributed by atoms with van der Waals surface area (Å²) >= 11 is 0. The van der Waals surface area contributed by atoms with Gasteiger partial charge in [-0.2, -0.15) is 0 Å². The summed E-state index contributed by atoms with van der Waals surface area (Å²) in [5, 5.41) is 3.25. The van der Waals surface area contributed by atoms with E-state index in [-0.39, 0.29) is 6.04 Å². The molecule has 1 nitrogen and oxygen atoms in total. The summed E-state index contributed by atoms with van der Waals surface area (Å²) in [6.07, 6.45) is 1.98. The van der Waals surface area contributed by atoms with Crippen LogP contribution in [-0.2, 0) is 0 Å². The van der Waals surface area contributed by atoms with Crippen molar-refractivity contribution in [2.24, 2.45) is 5.92 Å². The van der Waals surface area contributed by atoms with Crippen LogP contribution in [0, 0.1) is 24.5 Å². The molecule has 1 saturated heterocycles. The maximum absolute atomic E-state index is 13.8. The molecule has 0 spiro atoms. The van der Waals surface area contributed by atoms with Gasteiger partial charge >= 0.3 is 0 Å². The van der Waals surface area contributed by atoms with Gasteiger partial charge in [-0.1, -0.05) is 19.1 Å². The summed E-state index contributed by atoms with van der Waals surface area (Å²) in [6.45, 7) is 4.61. The number of nitrogens with one attached hydrogen (secondary N) is 1. The van der Waals surface area contributed by atoms with E-state index >= 15 is 0 Å². The lowest BCUT2D eigenvalue weighted by molar-refractivity contribution is 0.316. The van der Waals surface area contributed by atoms with Crippen molar-refractivity contribution in [2.45, 2.75) is 32.7 Å². The number of piperidine rings is 1. The molecule has 16 heavy (non-hydrogen) atoms. The van der Waals surface area contributed by atoms with Crippen LogP contribution < -0.4 is 5.32 Å². The summed E-state index contributed by atoms with van der Waals surface area (Å²) in [5.74, 6) is -0.834. The Labute approximate surface area is 94.9 Å². The molecule has 0 saturated carbocycles. The quantitative estimate of drug-likeness (QED) is 0.773. The molecular formula is C13H17F2N. The average molecular weight is 225 g/mol. The first-order valence-corrected chi connectivity index (χ1v) is 5.77. The van der Waals surface area contributed by atoms with E-state index in [9.17, 15) is 8.78 Å². The van der Waals surface area contributed by atoms with Gasteiger partial charge in [0, 0.05) is 11.6 Å². The van der Waals surface area contributed by atoms with Gasteiger partial charge in [0.1, 0.15) is 0 Å². The second-order valence-electron chi connectivity index (χ2n) is 4.74. The van der Waals surface area contributed by atoms with Crippen LogP contribution in [0.5, 0.6) is 0 Å². The predicted octanol–water partition coefficient (Wildman–Crippen LogP) is 3.33. The van der Waals surface area contributed by atoms with Crippen molar-refractivity contribution in [3.05, 3.63) is 34.9 Å². The standard InChI is InChI=1S/C13H17F2N/c1-8-5-6-16-11(7-8)10-4-3-9(2)12(14)13(10)15/h3-4,8,11,16H,5-7H2,1-2H3. The molecule has 1 fully saturated rings. The van der Waals surface area contributed by atoms with Crippen molar-refractivity contribution in [1.29, 1.82) is 0 Å². The van der Waals surface area contributed by atoms with Gasteiger partial charge in [-0.25, -0.2) is 8.78 Å². The number of aryl methyl sites for hydroxylation is 1. The van der Waals surface area contributed by atoms with Gasteiger partial charge in [0.25, 0.3) is 0 Å². The molecule has 3 heteroatoms. The van der Waals surface area contributed by atoms with Crippen LogP contribution in [0.2, 0.25) is 0 Å². The zero-order valence-corrected chi connectivity index (χ0v) is 9.69. The fourth-order valence-corrected chi connectivity index (χ4v) is 2.27. The number of hydrogen-bond donors (Lipinski definition) is 1. The molecular weight excluding hydrogens is 208 g/mol. The molecule has 1 aromatic carbocycles. The first kappa shape index (κ1) is 11.5. The number of hydrogen-bond acceptors (Lipinski definition) is 1. The highest BCUT2D eigenvalue weighted by Crippen LogP contribution is 2.30. The summed E-state index contributed by atoms with van der Waals surface area (Å²) in [4.78, 5) is 0. The van der Waals surface area contributed by atoms with Crippen molar-refractivity contribution >= 4 is 0 Å². The average Bonchev–Trinajstić information content (AvgIpc) is 2.26. The van der Waals surface area contributed by atoms with Gasteiger partial charge in [0.15, 0.2) is 11.6 Å². The van der Waals surface area contributed by atoms with Gasteiger partial charge in [0.2, 0.25) is 0 Å². The monoisotopic (exact) mass is 225 g/mol. The van der Waals surface area contributed by atoms with Crippen LogP contribution in [-0.4, -0.2) is 6.54 Å². The van der Waals surface area contributed by atoms with E-state index in [1.807, 2.05) is 0 Å². The van der Waals surface area contributed by atoms with Crippen LogP contribution >= 0.6 is 0 Å². The molecule has 0 amide bonds. The zero-order chi connectivity index (χ0) is 11.7. The molecule has 0 bridgehead atoms. The molecule has 0 aromatic heterocycles. The summed E-state index contributed by atoms with van der Waals surface area (Å²) < 4.78 is 27.2. The van der Waals surface area contributed by atoms with Gasteiger partial charge < -0.3 is 5.32 Å². The fraction of sp³-hybridized carbons (Fsp3) is 0.538. The third-order valence-corrected chi connectivity index (χ3v) is 3.35. The highest BCUT2D eigenvalue weighted by atomic mass is 19.2. The molecule has 0 radical (unpaired) electrons. The zero-order valence-electron chi connectivity index (χ0n) is 9.69. The molecule has 0 aliphatic carbocycles. The summed E-state index contributed by atoms with van der Waals surface area (Å²) in [5.41, 5.74) is 0.833. The van der Waals surface area contributed by atoms with Gasteiger partial charge in [-0.15, -0.1) is 0 Å². The van der Waals surface area contributed by atoms with Crippen LogP contribution in [0.15, 0.2) is 12.1 Å². The third-order valence-electron chi connectivity index (χ3n) is 3.35. The number of benzene rings is 1. The molecule has 1 heterocycles. The summed E-state index contributed by atoms with van der Waals surface area (Å²) in [7, 11) is 0. The van der Waals surface area contributed by atoms with Gasteiger partial charge in [-0.3, -0.25) is 0 Å². The lowest BCUT2D eigenvalue weighted by Gasteiger charge is -2.28. The summed E-state index contributed by atoms with van der Waals surface area (Å²) in [6, 6.07) is 3.30. The van der Waals surface area contributed by atoms with Crippen molar-refractivity contribution in [3.8, 4) is 0 Å². The van der Waals surface area contributed by atoms with Crippen molar-refractivity contribution in [3.63, 3.8) is 0 Å². The SMILES string of the molecule is Cc1ccc(C2CC(C)CCN2)c(F)c1F. The van der Waals surface area contributed by atoms with E-state index in [0.717, 1.165) is 19.4 Å². The number of halogens is 2. The highest BCUT2D eigenvalue weighted by molar-refractivity contribution is 5.28. The molecule has 2 unspecified atom stereocenters. The van der Waals surface area contributed by atoms with Crippen molar-refractivity contribution < 1.29 is 8.78 Å².